The summed E-state index contributed by atoms with van der Waals surface area (Å²) in [4.78, 5) is 4.84. The summed E-state index contributed by atoms with van der Waals surface area (Å²) in [6, 6.07) is 11.1. The first-order valence-electron chi connectivity index (χ1n) is 6.43. The number of rotatable bonds is 2. The van der Waals surface area contributed by atoms with Gasteiger partial charge in [0.2, 0.25) is 0 Å². The van der Waals surface area contributed by atoms with Crippen molar-refractivity contribution >= 4 is 39.5 Å². The predicted octanol–water partition coefficient (Wildman–Crippen LogP) is 2.23. The second kappa shape index (κ2) is 6.41. The van der Waals surface area contributed by atoms with Gasteiger partial charge in [-0.25, -0.2) is 9.50 Å². The van der Waals surface area contributed by atoms with E-state index in [2.05, 4.69) is 28.6 Å². The maximum Gasteiger partial charge on any atom is 0.156 e. The highest BCUT2D eigenvalue weighted by molar-refractivity contribution is 7.99. The second-order valence-electron chi connectivity index (χ2n) is 4.72. The number of fused-ring (bicyclic) bond motifs is 1. The van der Waals surface area contributed by atoms with Crippen molar-refractivity contribution < 1.29 is 4.21 Å². The first-order chi connectivity index (χ1) is 10.4. The number of hydrogen-bond donors (Lipinski definition) is 2. The molecule has 1 aromatic carbocycles. The lowest BCUT2D eigenvalue weighted by Gasteiger charge is -2.06. The number of benzene rings is 1. The van der Waals surface area contributed by atoms with Crippen LogP contribution in [0.3, 0.4) is 0 Å². The molecule has 0 fully saturated rings. The van der Waals surface area contributed by atoms with Crippen LogP contribution in [0.15, 0.2) is 47.5 Å². The maximum atomic E-state index is 12.0. The fourth-order valence-corrected chi connectivity index (χ4v) is 2.72. The van der Waals surface area contributed by atoms with E-state index in [9.17, 15) is 4.21 Å². The Morgan fingerprint density at radius 2 is 2.00 bits per heavy atom. The standard InChI is InChI=1S/C14H14N4OS.CH4S/c1-20(2,19)11-5-3-4-10(8-11)12-6-7-14-16-13(15)9-18(14)17-12;1-2/h3-9H,1,15H2,2H3;2H,1H3. The number of nitrogens with zero attached hydrogens (tertiary/aromatic N) is 3. The van der Waals surface area contributed by atoms with Crippen LogP contribution in [0.2, 0.25) is 0 Å². The third-order valence-electron chi connectivity index (χ3n) is 2.97. The highest BCUT2D eigenvalue weighted by atomic mass is 32.2. The molecule has 5 nitrogen and oxygen atoms in total. The molecule has 3 aromatic rings. The Morgan fingerprint density at radius 3 is 2.68 bits per heavy atom. The van der Waals surface area contributed by atoms with Gasteiger partial charge in [0.15, 0.2) is 5.65 Å². The van der Waals surface area contributed by atoms with Gasteiger partial charge < -0.3 is 5.73 Å². The van der Waals surface area contributed by atoms with Crippen LogP contribution in [0.4, 0.5) is 5.82 Å². The maximum absolute atomic E-state index is 12.0. The van der Waals surface area contributed by atoms with Crippen LogP contribution in [-0.2, 0) is 9.52 Å². The van der Waals surface area contributed by atoms with Crippen LogP contribution < -0.4 is 5.73 Å². The van der Waals surface area contributed by atoms with Crippen LogP contribution >= 0.6 is 12.6 Å². The molecule has 0 aliphatic carbocycles. The van der Waals surface area contributed by atoms with E-state index < -0.39 is 9.52 Å². The van der Waals surface area contributed by atoms with Crippen molar-refractivity contribution in [2.45, 2.75) is 4.90 Å². The lowest BCUT2D eigenvalue weighted by atomic mass is 10.1. The Labute approximate surface area is 135 Å². The van der Waals surface area contributed by atoms with E-state index in [0.717, 1.165) is 11.3 Å². The first-order valence-corrected chi connectivity index (χ1v) is 9.46. The highest BCUT2D eigenvalue weighted by Crippen LogP contribution is 2.21. The van der Waals surface area contributed by atoms with Crippen molar-refractivity contribution in [1.82, 2.24) is 14.6 Å². The van der Waals surface area contributed by atoms with Crippen molar-refractivity contribution in [3.8, 4) is 11.3 Å². The van der Waals surface area contributed by atoms with E-state index in [4.69, 9.17) is 5.73 Å². The fraction of sp³-hybridized carbons (Fsp3) is 0.133. The molecule has 1 atom stereocenters. The Balaban J connectivity index is 0.000000847. The summed E-state index contributed by atoms with van der Waals surface area (Å²) in [6.45, 7) is 0. The molecule has 0 aliphatic heterocycles. The number of nitrogens with two attached hydrogens (primary N) is 1. The topological polar surface area (TPSA) is 73.3 Å². The van der Waals surface area contributed by atoms with Gasteiger partial charge in [-0.3, -0.25) is 4.21 Å². The average molecular weight is 334 g/mol. The first kappa shape index (κ1) is 16.4. The zero-order chi connectivity index (χ0) is 16.3. The monoisotopic (exact) mass is 334 g/mol. The molecule has 0 saturated heterocycles. The Kier molecular flexibility index (Phi) is 4.77. The average Bonchev–Trinajstić information content (AvgIpc) is 2.87. The van der Waals surface area contributed by atoms with E-state index in [-0.39, 0.29) is 0 Å². The molecule has 0 bridgehead atoms. The quantitative estimate of drug-likeness (QED) is 0.557. The third-order valence-corrected chi connectivity index (χ3v) is 4.22. The van der Waals surface area contributed by atoms with E-state index in [1.807, 2.05) is 36.4 Å². The second-order valence-corrected chi connectivity index (χ2v) is 7.20. The SMILES string of the molecule is C=S(C)(=O)c1cccc(-c2ccc3nc(N)cn3n2)c1.CS. The number of anilines is 1. The zero-order valence-electron chi connectivity index (χ0n) is 12.4. The molecule has 116 valence electrons. The molecule has 0 saturated carbocycles. The van der Waals surface area contributed by atoms with Crippen LogP contribution in [0.5, 0.6) is 0 Å². The lowest BCUT2D eigenvalue weighted by Crippen LogP contribution is -1.98. The van der Waals surface area contributed by atoms with Crippen LogP contribution in [0.25, 0.3) is 16.9 Å². The van der Waals surface area contributed by atoms with Gasteiger partial charge in [-0.15, -0.1) is 0 Å². The summed E-state index contributed by atoms with van der Waals surface area (Å²) in [5.74, 6) is 4.13. The minimum atomic E-state index is -2.24. The molecule has 0 aliphatic rings. The van der Waals surface area contributed by atoms with Gasteiger partial charge in [0, 0.05) is 16.7 Å². The molecule has 0 spiro atoms. The predicted molar refractivity (Wildman–Crippen MR) is 97.2 cm³/mol. The van der Waals surface area contributed by atoms with Gasteiger partial charge in [-0.1, -0.05) is 12.1 Å². The van der Waals surface area contributed by atoms with Gasteiger partial charge in [-0.2, -0.15) is 17.7 Å². The lowest BCUT2D eigenvalue weighted by molar-refractivity contribution is 0.685. The van der Waals surface area contributed by atoms with Crippen molar-refractivity contribution in [3.63, 3.8) is 0 Å². The molecule has 0 radical (unpaired) electrons. The molecule has 0 amide bonds. The van der Waals surface area contributed by atoms with Crippen molar-refractivity contribution in [1.29, 1.82) is 0 Å². The number of nitrogen functional groups attached to an aromatic ring is 1. The molecule has 2 N–H and O–H groups in total. The van der Waals surface area contributed by atoms with Gasteiger partial charge in [0.05, 0.1) is 11.9 Å². The Hall–Kier alpha value is -1.99. The molecule has 1 unspecified atom stereocenters. The minimum Gasteiger partial charge on any atom is -0.382 e. The summed E-state index contributed by atoms with van der Waals surface area (Å²) in [7, 11) is -2.24. The van der Waals surface area contributed by atoms with E-state index in [1.165, 1.54) is 0 Å². The normalized spacial score (nSPS) is 13.2. The molecular weight excluding hydrogens is 316 g/mol. The number of imidazole rings is 1. The van der Waals surface area contributed by atoms with E-state index >= 15 is 0 Å². The third kappa shape index (κ3) is 3.42. The Bertz CT molecular complexity index is 901. The van der Waals surface area contributed by atoms with Crippen molar-refractivity contribution in [2.24, 2.45) is 0 Å². The molecule has 7 heteroatoms. The molecular formula is C15H18N4OS2. The molecule has 2 heterocycles. The van der Waals surface area contributed by atoms with E-state index in [1.54, 1.807) is 23.2 Å². The van der Waals surface area contributed by atoms with Crippen LogP contribution in [0.1, 0.15) is 0 Å². The smallest absolute Gasteiger partial charge is 0.156 e. The van der Waals surface area contributed by atoms with Crippen molar-refractivity contribution in [3.05, 3.63) is 42.6 Å². The summed E-state index contributed by atoms with van der Waals surface area (Å²) < 4.78 is 13.7. The minimum absolute atomic E-state index is 0.428. The Morgan fingerprint density at radius 1 is 1.27 bits per heavy atom. The van der Waals surface area contributed by atoms with Crippen LogP contribution in [-0.4, -0.2) is 37.2 Å². The summed E-state index contributed by atoms with van der Waals surface area (Å²) in [5, 5.41) is 4.45. The molecule has 3 rings (SSSR count). The fourth-order valence-electron chi connectivity index (χ4n) is 1.98. The van der Waals surface area contributed by atoms with Gasteiger partial charge in [0.1, 0.15) is 5.82 Å². The van der Waals surface area contributed by atoms with Gasteiger partial charge in [-0.05, 0) is 45.9 Å². The largest absolute Gasteiger partial charge is 0.382 e. The zero-order valence-corrected chi connectivity index (χ0v) is 14.1. The molecule has 22 heavy (non-hydrogen) atoms. The highest BCUT2D eigenvalue weighted by Gasteiger charge is 2.07. The summed E-state index contributed by atoms with van der Waals surface area (Å²) >= 11 is 3.53. The summed E-state index contributed by atoms with van der Waals surface area (Å²) in [5.41, 5.74) is 7.98. The number of thiol groups is 1. The number of aromatic nitrogens is 3. The van der Waals surface area contributed by atoms with Gasteiger partial charge in [0.25, 0.3) is 0 Å². The summed E-state index contributed by atoms with van der Waals surface area (Å²) in [6.07, 6.45) is 4.98. The van der Waals surface area contributed by atoms with Crippen LogP contribution in [0, 0.1) is 0 Å². The van der Waals surface area contributed by atoms with Crippen molar-refractivity contribution in [2.75, 3.05) is 18.2 Å². The molecule has 2 aromatic heterocycles. The van der Waals surface area contributed by atoms with Gasteiger partial charge >= 0.3 is 0 Å². The van der Waals surface area contributed by atoms with E-state index in [0.29, 0.717) is 16.4 Å². The number of hydrogen-bond acceptors (Lipinski definition) is 5.